The molecule has 5 heteroatoms. The normalized spacial score (nSPS) is 11.7. The van der Waals surface area contributed by atoms with Crippen molar-refractivity contribution in [1.29, 1.82) is 0 Å². The largest absolute Gasteiger partial charge is 0.477 e. The number of nitrogens with zero attached hydrogens (tertiary/aromatic N) is 2. The number of ether oxygens (including phenoxy) is 1. The number of aromatic nitrogens is 2. The third-order valence-electron chi connectivity index (χ3n) is 3.14. The summed E-state index contributed by atoms with van der Waals surface area (Å²) in [7, 11) is 0. The third kappa shape index (κ3) is 4.67. The Morgan fingerprint density at radius 1 is 1.26 bits per heavy atom. The van der Waals surface area contributed by atoms with Gasteiger partial charge in [-0.3, -0.25) is 0 Å². The van der Waals surface area contributed by atoms with Crippen LogP contribution in [0.4, 0.5) is 5.82 Å². The number of nitrogens with one attached hydrogen (secondary N) is 1. The lowest BCUT2D eigenvalue weighted by Gasteiger charge is -2.19. The summed E-state index contributed by atoms with van der Waals surface area (Å²) >= 11 is 0. The molecule has 0 saturated heterocycles. The second-order valence-corrected chi connectivity index (χ2v) is 5.80. The molecule has 1 rings (SSSR count). The molecule has 0 aliphatic heterocycles. The summed E-state index contributed by atoms with van der Waals surface area (Å²) < 4.78 is 5.78. The number of nitrogen functional groups attached to an aromatic ring is 1. The smallest absolute Gasteiger partial charge is 0.218 e. The molecule has 0 aliphatic rings. The molecule has 1 heterocycles. The van der Waals surface area contributed by atoms with E-state index in [1.165, 1.54) is 0 Å². The number of nitrogens with two attached hydrogens (primary N) is 1. The van der Waals surface area contributed by atoms with Gasteiger partial charge in [0.25, 0.3) is 0 Å². The molecule has 0 atom stereocenters. The molecular formula is C14H26N4O. The van der Waals surface area contributed by atoms with Gasteiger partial charge in [-0.25, -0.2) is 10.8 Å². The number of hydrogen-bond donors (Lipinski definition) is 2. The van der Waals surface area contributed by atoms with Crippen molar-refractivity contribution in [2.75, 3.05) is 12.0 Å². The van der Waals surface area contributed by atoms with Gasteiger partial charge in [0.15, 0.2) is 0 Å². The SMILES string of the molecule is CCC(CC)COc1cc(NN)nc(C(C)(C)C)n1. The maximum Gasteiger partial charge on any atom is 0.218 e. The zero-order valence-corrected chi connectivity index (χ0v) is 12.7. The van der Waals surface area contributed by atoms with Crippen molar-refractivity contribution in [3.63, 3.8) is 0 Å². The molecule has 0 saturated carbocycles. The molecule has 1 aromatic heterocycles. The second-order valence-electron chi connectivity index (χ2n) is 5.80. The quantitative estimate of drug-likeness (QED) is 0.612. The highest BCUT2D eigenvalue weighted by atomic mass is 16.5. The van der Waals surface area contributed by atoms with Crippen LogP contribution in [0, 0.1) is 5.92 Å². The van der Waals surface area contributed by atoms with Gasteiger partial charge in [0, 0.05) is 11.5 Å². The Labute approximate surface area is 115 Å². The van der Waals surface area contributed by atoms with E-state index in [0.717, 1.165) is 18.7 Å². The zero-order chi connectivity index (χ0) is 14.5. The van der Waals surface area contributed by atoms with E-state index in [0.29, 0.717) is 24.2 Å². The molecule has 0 radical (unpaired) electrons. The van der Waals surface area contributed by atoms with Crippen LogP contribution >= 0.6 is 0 Å². The Morgan fingerprint density at radius 2 is 1.89 bits per heavy atom. The first kappa shape index (κ1) is 15.7. The third-order valence-corrected chi connectivity index (χ3v) is 3.14. The molecule has 3 N–H and O–H groups in total. The summed E-state index contributed by atoms with van der Waals surface area (Å²) in [6.07, 6.45) is 2.21. The van der Waals surface area contributed by atoms with Crippen molar-refractivity contribution in [3.8, 4) is 5.88 Å². The Bertz CT molecular complexity index is 397. The summed E-state index contributed by atoms with van der Waals surface area (Å²) in [5, 5.41) is 0. The average molecular weight is 266 g/mol. The molecule has 0 spiro atoms. The Morgan fingerprint density at radius 3 is 2.37 bits per heavy atom. The summed E-state index contributed by atoms with van der Waals surface area (Å²) in [4.78, 5) is 8.83. The van der Waals surface area contributed by atoms with E-state index < -0.39 is 0 Å². The number of hydrogen-bond acceptors (Lipinski definition) is 5. The van der Waals surface area contributed by atoms with Gasteiger partial charge in [0.05, 0.1) is 6.61 Å². The molecule has 0 unspecified atom stereocenters. The van der Waals surface area contributed by atoms with Crippen molar-refractivity contribution in [3.05, 3.63) is 11.9 Å². The fourth-order valence-electron chi connectivity index (χ4n) is 1.64. The molecule has 0 bridgehead atoms. The lowest BCUT2D eigenvalue weighted by atomic mass is 9.96. The number of hydrazine groups is 1. The van der Waals surface area contributed by atoms with Gasteiger partial charge in [0.1, 0.15) is 11.6 Å². The van der Waals surface area contributed by atoms with Crippen LogP contribution in [0.25, 0.3) is 0 Å². The summed E-state index contributed by atoms with van der Waals surface area (Å²) in [6, 6.07) is 1.73. The second kappa shape index (κ2) is 6.70. The van der Waals surface area contributed by atoms with Crippen LogP contribution in [0.3, 0.4) is 0 Å². The zero-order valence-electron chi connectivity index (χ0n) is 12.7. The molecule has 108 valence electrons. The standard InChI is InChI=1S/C14H26N4O/c1-6-10(7-2)9-19-12-8-11(18-15)16-13(17-12)14(3,4)5/h8,10H,6-7,9,15H2,1-5H3,(H,16,17,18). The summed E-state index contributed by atoms with van der Waals surface area (Å²) in [5.41, 5.74) is 2.43. The first-order valence-electron chi connectivity index (χ1n) is 6.89. The molecule has 0 amide bonds. The van der Waals surface area contributed by atoms with Gasteiger partial charge >= 0.3 is 0 Å². The predicted octanol–water partition coefficient (Wildman–Crippen LogP) is 2.87. The molecular weight excluding hydrogens is 240 g/mol. The Kier molecular flexibility index (Phi) is 5.54. The minimum Gasteiger partial charge on any atom is -0.477 e. The predicted molar refractivity (Wildman–Crippen MR) is 78.1 cm³/mol. The van der Waals surface area contributed by atoms with Crippen molar-refractivity contribution >= 4 is 5.82 Å². The Hall–Kier alpha value is -1.36. The van der Waals surface area contributed by atoms with Crippen LogP contribution in [-0.4, -0.2) is 16.6 Å². The number of anilines is 1. The highest BCUT2D eigenvalue weighted by Gasteiger charge is 2.19. The molecule has 1 aromatic rings. The van der Waals surface area contributed by atoms with Crippen molar-refractivity contribution in [2.24, 2.45) is 11.8 Å². The van der Waals surface area contributed by atoms with Gasteiger partial charge in [-0.1, -0.05) is 47.5 Å². The minimum absolute atomic E-state index is 0.139. The van der Waals surface area contributed by atoms with Crippen LogP contribution in [0.1, 0.15) is 53.3 Å². The van der Waals surface area contributed by atoms with E-state index in [9.17, 15) is 0 Å². The monoisotopic (exact) mass is 266 g/mol. The molecule has 0 aliphatic carbocycles. The average Bonchev–Trinajstić information content (AvgIpc) is 2.38. The van der Waals surface area contributed by atoms with Crippen LogP contribution in [0.15, 0.2) is 6.07 Å². The Balaban J connectivity index is 2.88. The van der Waals surface area contributed by atoms with E-state index in [2.05, 4.69) is 50.0 Å². The first-order chi connectivity index (χ1) is 8.90. The fraction of sp³-hybridized carbons (Fsp3) is 0.714. The van der Waals surface area contributed by atoms with Crippen LogP contribution in [0.2, 0.25) is 0 Å². The maximum absolute atomic E-state index is 5.78. The van der Waals surface area contributed by atoms with E-state index >= 15 is 0 Å². The number of rotatable bonds is 6. The van der Waals surface area contributed by atoms with Gasteiger partial charge in [-0.2, -0.15) is 4.98 Å². The van der Waals surface area contributed by atoms with E-state index in [-0.39, 0.29) is 5.41 Å². The lowest BCUT2D eigenvalue weighted by Crippen LogP contribution is -2.20. The van der Waals surface area contributed by atoms with Crippen LogP contribution in [-0.2, 0) is 5.41 Å². The van der Waals surface area contributed by atoms with Crippen molar-refractivity contribution in [1.82, 2.24) is 9.97 Å². The van der Waals surface area contributed by atoms with E-state index in [1.54, 1.807) is 6.07 Å². The highest BCUT2D eigenvalue weighted by molar-refractivity contribution is 5.37. The first-order valence-corrected chi connectivity index (χ1v) is 6.89. The molecule has 0 fully saturated rings. The van der Waals surface area contributed by atoms with E-state index in [1.807, 2.05) is 0 Å². The highest BCUT2D eigenvalue weighted by Crippen LogP contribution is 2.23. The van der Waals surface area contributed by atoms with Gasteiger partial charge in [-0.05, 0) is 5.92 Å². The van der Waals surface area contributed by atoms with Crippen molar-refractivity contribution < 1.29 is 4.74 Å². The molecule has 0 aromatic carbocycles. The van der Waals surface area contributed by atoms with Crippen LogP contribution in [0.5, 0.6) is 5.88 Å². The topological polar surface area (TPSA) is 73.1 Å². The lowest BCUT2D eigenvalue weighted by molar-refractivity contribution is 0.231. The maximum atomic E-state index is 5.78. The fourth-order valence-corrected chi connectivity index (χ4v) is 1.64. The van der Waals surface area contributed by atoms with Gasteiger partial charge in [0.2, 0.25) is 5.88 Å². The summed E-state index contributed by atoms with van der Waals surface area (Å²) in [5.74, 6) is 7.89. The van der Waals surface area contributed by atoms with Gasteiger partial charge < -0.3 is 10.2 Å². The minimum atomic E-state index is -0.139. The molecule has 19 heavy (non-hydrogen) atoms. The summed E-state index contributed by atoms with van der Waals surface area (Å²) in [6.45, 7) is 11.2. The molecule has 5 nitrogen and oxygen atoms in total. The van der Waals surface area contributed by atoms with E-state index in [4.69, 9.17) is 10.6 Å². The van der Waals surface area contributed by atoms with Crippen molar-refractivity contribution in [2.45, 2.75) is 52.9 Å². The van der Waals surface area contributed by atoms with Gasteiger partial charge in [-0.15, -0.1) is 0 Å². The van der Waals surface area contributed by atoms with Crippen LogP contribution < -0.4 is 16.0 Å².